The lowest BCUT2D eigenvalue weighted by atomic mass is 10.1. The summed E-state index contributed by atoms with van der Waals surface area (Å²) in [6, 6.07) is 5.06. The molecule has 1 rings (SSSR count). The van der Waals surface area contributed by atoms with Crippen LogP contribution in [0.25, 0.3) is 0 Å². The second kappa shape index (κ2) is 8.69. The standard InChI is InChI=1S/C14H22N2O2S/c1-18-13-10-11(6-7-12(13)15)14(17)16-8-4-3-5-9-19-2/h6-7,10H,3-5,8-9,15H2,1-2H3,(H,16,17). The van der Waals surface area contributed by atoms with Crippen LogP contribution in [0, 0.1) is 0 Å². The van der Waals surface area contributed by atoms with Crippen molar-refractivity contribution in [2.75, 3.05) is 31.4 Å². The van der Waals surface area contributed by atoms with Crippen molar-refractivity contribution >= 4 is 23.4 Å². The first-order valence-electron chi connectivity index (χ1n) is 6.39. The van der Waals surface area contributed by atoms with Crippen LogP contribution < -0.4 is 15.8 Å². The summed E-state index contributed by atoms with van der Waals surface area (Å²) >= 11 is 1.86. The number of carbonyl (C=O) groups is 1. The molecule has 0 bridgehead atoms. The number of unbranched alkanes of at least 4 members (excludes halogenated alkanes) is 2. The molecule has 1 aromatic rings. The van der Waals surface area contributed by atoms with Gasteiger partial charge in [-0.3, -0.25) is 4.79 Å². The Hall–Kier alpha value is -1.36. The lowest BCUT2D eigenvalue weighted by molar-refractivity contribution is 0.0952. The number of hydrogen-bond acceptors (Lipinski definition) is 4. The average Bonchev–Trinajstić information content (AvgIpc) is 2.43. The van der Waals surface area contributed by atoms with E-state index >= 15 is 0 Å². The van der Waals surface area contributed by atoms with E-state index in [1.165, 1.54) is 12.2 Å². The molecule has 0 saturated carbocycles. The first-order chi connectivity index (χ1) is 9.19. The van der Waals surface area contributed by atoms with Gasteiger partial charge in [0.2, 0.25) is 0 Å². The number of ether oxygens (including phenoxy) is 1. The first-order valence-corrected chi connectivity index (χ1v) is 7.79. The lowest BCUT2D eigenvalue weighted by Gasteiger charge is -2.08. The molecule has 0 radical (unpaired) electrons. The van der Waals surface area contributed by atoms with Crippen LogP contribution >= 0.6 is 11.8 Å². The minimum atomic E-state index is -0.0804. The Morgan fingerprint density at radius 3 is 2.84 bits per heavy atom. The Morgan fingerprint density at radius 1 is 1.37 bits per heavy atom. The van der Waals surface area contributed by atoms with Crippen LogP contribution in [-0.2, 0) is 0 Å². The molecule has 1 aromatic carbocycles. The number of benzene rings is 1. The van der Waals surface area contributed by atoms with E-state index < -0.39 is 0 Å². The predicted octanol–water partition coefficient (Wildman–Crippen LogP) is 2.54. The molecule has 0 aromatic heterocycles. The minimum Gasteiger partial charge on any atom is -0.495 e. The molecule has 0 atom stereocenters. The Balaban J connectivity index is 2.37. The second-order valence-corrected chi connectivity index (χ2v) is 5.25. The molecule has 0 heterocycles. The summed E-state index contributed by atoms with van der Waals surface area (Å²) in [6.07, 6.45) is 5.47. The van der Waals surface area contributed by atoms with Crippen LogP contribution in [0.3, 0.4) is 0 Å². The van der Waals surface area contributed by atoms with Crippen molar-refractivity contribution in [3.05, 3.63) is 23.8 Å². The predicted molar refractivity (Wildman–Crippen MR) is 82.0 cm³/mol. The third-order valence-corrected chi connectivity index (χ3v) is 3.50. The van der Waals surface area contributed by atoms with E-state index in [0.717, 1.165) is 12.8 Å². The summed E-state index contributed by atoms with van der Waals surface area (Å²) in [7, 11) is 1.54. The number of methoxy groups -OCH3 is 1. The Labute approximate surface area is 119 Å². The molecule has 0 fully saturated rings. The zero-order valence-corrected chi connectivity index (χ0v) is 12.4. The van der Waals surface area contributed by atoms with E-state index in [4.69, 9.17) is 10.5 Å². The SMILES string of the molecule is COc1cc(C(=O)NCCCCCSC)ccc1N. The summed E-state index contributed by atoms with van der Waals surface area (Å²) in [5.41, 5.74) is 6.83. The highest BCUT2D eigenvalue weighted by Gasteiger charge is 2.08. The largest absolute Gasteiger partial charge is 0.495 e. The summed E-state index contributed by atoms with van der Waals surface area (Å²) in [5.74, 6) is 1.64. The van der Waals surface area contributed by atoms with Gasteiger partial charge in [-0.1, -0.05) is 6.42 Å². The monoisotopic (exact) mass is 282 g/mol. The Morgan fingerprint density at radius 2 is 2.16 bits per heavy atom. The van der Waals surface area contributed by atoms with Crippen molar-refractivity contribution in [2.24, 2.45) is 0 Å². The van der Waals surface area contributed by atoms with Gasteiger partial charge in [0, 0.05) is 12.1 Å². The van der Waals surface area contributed by atoms with E-state index in [0.29, 0.717) is 23.5 Å². The quantitative estimate of drug-likeness (QED) is 0.568. The van der Waals surface area contributed by atoms with Crippen LogP contribution in [-0.4, -0.2) is 31.6 Å². The molecule has 19 heavy (non-hydrogen) atoms. The zero-order valence-electron chi connectivity index (χ0n) is 11.6. The number of anilines is 1. The van der Waals surface area contributed by atoms with Gasteiger partial charge in [0.1, 0.15) is 5.75 Å². The Bertz CT molecular complexity index is 410. The van der Waals surface area contributed by atoms with Gasteiger partial charge in [-0.2, -0.15) is 11.8 Å². The van der Waals surface area contributed by atoms with E-state index in [9.17, 15) is 4.79 Å². The number of thioether (sulfide) groups is 1. The van der Waals surface area contributed by atoms with Gasteiger partial charge in [-0.15, -0.1) is 0 Å². The molecular weight excluding hydrogens is 260 g/mol. The summed E-state index contributed by atoms with van der Waals surface area (Å²) in [5, 5.41) is 2.90. The highest BCUT2D eigenvalue weighted by Crippen LogP contribution is 2.21. The van der Waals surface area contributed by atoms with Gasteiger partial charge in [0.25, 0.3) is 5.91 Å². The summed E-state index contributed by atoms with van der Waals surface area (Å²) in [6.45, 7) is 0.708. The van der Waals surface area contributed by atoms with Crippen molar-refractivity contribution in [1.82, 2.24) is 5.32 Å². The van der Waals surface area contributed by atoms with Gasteiger partial charge < -0.3 is 15.8 Å². The zero-order chi connectivity index (χ0) is 14.1. The normalized spacial score (nSPS) is 10.2. The third kappa shape index (κ3) is 5.42. The topological polar surface area (TPSA) is 64.3 Å². The fraction of sp³-hybridized carbons (Fsp3) is 0.500. The number of nitrogens with two attached hydrogens (primary N) is 1. The molecule has 5 heteroatoms. The molecule has 1 amide bonds. The maximum atomic E-state index is 11.9. The first kappa shape index (κ1) is 15.7. The van der Waals surface area contributed by atoms with Gasteiger partial charge >= 0.3 is 0 Å². The maximum absolute atomic E-state index is 11.9. The van der Waals surface area contributed by atoms with E-state index in [1.54, 1.807) is 25.3 Å². The molecule has 0 saturated heterocycles. The van der Waals surface area contributed by atoms with Crippen molar-refractivity contribution < 1.29 is 9.53 Å². The van der Waals surface area contributed by atoms with Crippen molar-refractivity contribution in [1.29, 1.82) is 0 Å². The maximum Gasteiger partial charge on any atom is 0.251 e. The summed E-state index contributed by atoms with van der Waals surface area (Å²) < 4.78 is 5.10. The number of rotatable bonds is 8. The van der Waals surface area contributed by atoms with Crippen LogP contribution in [0.2, 0.25) is 0 Å². The third-order valence-electron chi connectivity index (χ3n) is 2.81. The van der Waals surface area contributed by atoms with Crippen LogP contribution in [0.5, 0.6) is 5.75 Å². The van der Waals surface area contributed by atoms with Gasteiger partial charge in [0.05, 0.1) is 12.8 Å². The van der Waals surface area contributed by atoms with E-state index in [2.05, 4.69) is 11.6 Å². The van der Waals surface area contributed by atoms with Crippen LogP contribution in [0.1, 0.15) is 29.6 Å². The number of amides is 1. The highest BCUT2D eigenvalue weighted by molar-refractivity contribution is 7.98. The average molecular weight is 282 g/mol. The molecule has 0 unspecified atom stereocenters. The smallest absolute Gasteiger partial charge is 0.251 e. The molecule has 0 spiro atoms. The molecule has 3 N–H and O–H groups in total. The van der Waals surface area contributed by atoms with Gasteiger partial charge in [-0.25, -0.2) is 0 Å². The van der Waals surface area contributed by atoms with Gasteiger partial charge in [0.15, 0.2) is 0 Å². The van der Waals surface area contributed by atoms with Crippen molar-refractivity contribution in [3.8, 4) is 5.75 Å². The van der Waals surface area contributed by atoms with E-state index in [1.807, 2.05) is 11.8 Å². The number of nitrogens with one attached hydrogen (secondary N) is 1. The fourth-order valence-electron chi connectivity index (χ4n) is 1.70. The molecule has 0 aliphatic carbocycles. The second-order valence-electron chi connectivity index (χ2n) is 4.27. The number of carbonyl (C=O) groups excluding carboxylic acids is 1. The number of nitrogen functional groups attached to an aromatic ring is 1. The fourth-order valence-corrected chi connectivity index (χ4v) is 2.20. The summed E-state index contributed by atoms with van der Waals surface area (Å²) in [4.78, 5) is 11.9. The molecule has 106 valence electrons. The van der Waals surface area contributed by atoms with Crippen LogP contribution in [0.4, 0.5) is 5.69 Å². The van der Waals surface area contributed by atoms with Crippen molar-refractivity contribution in [3.63, 3.8) is 0 Å². The van der Waals surface area contributed by atoms with E-state index in [-0.39, 0.29) is 5.91 Å². The molecular formula is C14H22N2O2S. The highest BCUT2D eigenvalue weighted by atomic mass is 32.2. The molecule has 4 nitrogen and oxygen atoms in total. The van der Waals surface area contributed by atoms with Crippen LogP contribution in [0.15, 0.2) is 18.2 Å². The van der Waals surface area contributed by atoms with Crippen molar-refractivity contribution in [2.45, 2.75) is 19.3 Å². The lowest BCUT2D eigenvalue weighted by Crippen LogP contribution is -2.24. The molecule has 0 aliphatic heterocycles. The number of hydrogen-bond donors (Lipinski definition) is 2. The molecule has 0 aliphatic rings. The Kier molecular flexibility index (Phi) is 7.18. The van der Waals surface area contributed by atoms with Gasteiger partial charge in [-0.05, 0) is 43.0 Å². The minimum absolute atomic E-state index is 0.0804.